The quantitative estimate of drug-likeness (QED) is 0.624. The van der Waals surface area contributed by atoms with Gasteiger partial charge < -0.3 is 24.4 Å². The standard InChI is InChI=1S/C12H18O7/c1-17-9(15)7-8(10(16)18-2)12(6-14)4-3-11(7,5-13)19-12/h7-8,13-14H,3-6H2,1-2H3/t7-,8+,11-,12+. The van der Waals surface area contributed by atoms with E-state index in [-0.39, 0.29) is 0 Å². The van der Waals surface area contributed by atoms with Crippen LogP contribution in [0.1, 0.15) is 12.8 Å². The van der Waals surface area contributed by atoms with Crippen LogP contribution < -0.4 is 0 Å². The summed E-state index contributed by atoms with van der Waals surface area (Å²) in [6.07, 6.45) is 0.772. The van der Waals surface area contributed by atoms with E-state index in [0.29, 0.717) is 12.8 Å². The third-order valence-corrected chi connectivity index (χ3v) is 4.29. The van der Waals surface area contributed by atoms with Crippen LogP contribution >= 0.6 is 0 Å². The maximum Gasteiger partial charge on any atom is 0.312 e. The molecule has 7 heteroatoms. The van der Waals surface area contributed by atoms with Crippen molar-refractivity contribution in [2.75, 3.05) is 27.4 Å². The summed E-state index contributed by atoms with van der Waals surface area (Å²) in [5.41, 5.74) is -2.34. The van der Waals surface area contributed by atoms with E-state index in [2.05, 4.69) is 0 Å². The van der Waals surface area contributed by atoms with E-state index in [1.54, 1.807) is 0 Å². The zero-order valence-electron chi connectivity index (χ0n) is 10.9. The molecular formula is C12H18O7. The molecule has 4 atom stereocenters. The van der Waals surface area contributed by atoms with Gasteiger partial charge in [0.05, 0.1) is 27.4 Å². The van der Waals surface area contributed by atoms with E-state index in [4.69, 9.17) is 14.2 Å². The van der Waals surface area contributed by atoms with Gasteiger partial charge in [0.2, 0.25) is 0 Å². The molecule has 19 heavy (non-hydrogen) atoms. The number of ether oxygens (including phenoxy) is 3. The lowest BCUT2D eigenvalue weighted by Crippen LogP contribution is -2.51. The Morgan fingerprint density at radius 3 is 1.68 bits per heavy atom. The largest absolute Gasteiger partial charge is 0.469 e. The van der Waals surface area contributed by atoms with Gasteiger partial charge in [-0.3, -0.25) is 9.59 Å². The van der Waals surface area contributed by atoms with Crippen LogP contribution in [-0.2, 0) is 23.8 Å². The fourth-order valence-corrected chi connectivity index (χ4v) is 3.35. The number of hydrogen-bond donors (Lipinski definition) is 2. The van der Waals surface area contributed by atoms with Crippen LogP contribution in [0.15, 0.2) is 0 Å². The molecule has 0 aromatic carbocycles. The maximum absolute atomic E-state index is 12.0. The monoisotopic (exact) mass is 274 g/mol. The summed E-state index contributed by atoms with van der Waals surface area (Å²) in [5.74, 6) is -3.20. The van der Waals surface area contributed by atoms with Crippen molar-refractivity contribution < 1.29 is 34.0 Å². The molecule has 0 radical (unpaired) electrons. The van der Waals surface area contributed by atoms with Gasteiger partial charge in [0.1, 0.15) is 23.0 Å². The van der Waals surface area contributed by atoms with Crippen LogP contribution in [0.2, 0.25) is 0 Å². The van der Waals surface area contributed by atoms with Crippen LogP contribution in [0, 0.1) is 11.8 Å². The number of carbonyl (C=O) groups is 2. The van der Waals surface area contributed by atoms with Gasteiger partial charge in [0, 0.05) is 0 Å². The first-order valence-electron chi connectivity index (χ1n) is 6.08. The van der Waals surface area contributed by atoms with Crippen LogP contribution in [0.5, 0.6) is 0 Å². The van der Waals surface area contributed by atoms with E-state index in [1.807, 2.05) is 0 Å². The lowest BCUT2D eigenvalue weighted by atomic mass is 9.67. The molecule has 2 aliphatic rings. The minimum atomic E-state index is -1.17. The highest BCUT2D eigenvalue weighted by Gasteiger charge is 2.72. The molecule has 0 aliphatic carbocycles. The van der Waals surface area contributed by atoms with Gasteiger partial charge in [-0.05, 0) is 12.8 Å². The second-order valence-corrected chi connectivity index (χ2v) is 5.05. The summed E-state index contributed by atoms with van der Waals surface area (Å²) < 4.78 is 15.1. The Labute approximate surface area is 110 Å². The van der Waals surface area contributed by atoms with E-state index < -0.39 is 48.2 Å². The Morgan fingerprint density at radius 1 is 1.05 bits per heavy atom. The molecule has 0 aromatic heterocycles. The highest BCUT2D eigenvalue weighted by Crippen LogP contribution is 2.58. The number of rotatable bonds is 4. The Hall–Kier alpha value is -1.18. The lowest BCUT2D eigenvalue weighted by molar-refractivity contribution is -0.162. The molecule has 0 saturated carbocycles. The zero-order chi connectivity index (χ0) is 14.3. The fourth-order valence-electron chi connectivity index (χ4n) is 3.35. The highest BCUT2D eigenvalue weighted by molar-refractivity contribution is 5.85. The first-order valence-corrected chi connectivity index (χ1v) is 6.08. The highest BCUT2D eigenvalue weighted by atomic mass is 16.6. The first-order chi connectivity index (χ1) is 9.00. The van der Waals surface area contributed by atoms with Crippen molar-refractivity contribution in [2.45, 2.75) is 24.0 Å². The topological polar surface area (TPSA) is 102 Å². The number of carbonyl (C=O) groups excluding carboxylic acids is 2. The van der Waals surface area contributed by atoms with Crippen molar-refractivity contribution in [1.29, 1.82) is 0 Å². The van der Waals surface area contributed by atoms with Gasteiger partial charge in [-0.2, -0.15) is 0 Å². The molecule has 2 bridgehead atoms. The van der Waals surface area contributed by atoms with Crippen molar-refractivity contribution in [1.82, 2.24) is 0 Å². The average molecular weight is 274 g/mol. The molecule has 2 N–H and O–H groups in total. The Bertz CT molecular complexity index is 360. The number of aliphatic hydroxyl groups is 2. The second kappa shape index (κ2) is 4.73. The van der Waals surface area contributed by atoms with Crippen LogP contribution in [0.25, 0.3) is 0 Å². The Kier molecular flexibility index (Phi) is 3.55. The van der Waals surface area contributed by atoms with Gasteiger partial charge in [0.15, 0.2) is 0 Å². The summed E-state index contributed by atoms with van der Waals surface area (Å²) in [6, 6.07) is 0. The minimum absolute atomic E-state index is 0.386. The molecule has 2 rings (SSSR count). The van der Waals surface area contributed by atoms with E-state index >= 15 is 0 Å². The number of fused-ring (bicyclic) bond motifs is 2. The van der Waals surface area contributed by atoms with E-state index in [9.17, 15) is 19.8 Å². The summed E-state index contributed by atoms with van der Waals surface area (Å²) in [5, 5.41) is 19.1. The molecule has 2 aliphatic heterocycles. The molecule has 0 aromatic rings. The number of aliphatic hydroxyl groups excluding tert-OH is 2. The molecular weight excluding hydrogens is 256 g/mol. The summed E-state index contributed by atoms with van der Waals surface area (Å²) >= 11 is 0. The molecule has 0 amide bonds. The molecule has 2 saturated heterocycles. The predicted octanol–water partition coefficient (Wildman–Crippen LogP) is -1.15. The van der Waals surface area contributed by atoms with Gasteiger partial charge in [0.25, 0.3) is 0 Å². The van der Waals surface area contributed by atoms with Gasteiger partial charge >= 0.3 is 11.9 Å². The lowest BCUT2D eigenvalue weighted by Gasteiger charge is -2.34. The van der Waals surface area contributed by atoms with Crippen LogP contribution in [0.3, 0.4) is 0 Å². The van der Waals surface area contributed by atoms with E-state index in [0.717, 1.165) is 0 Å². The SMILES string of the molecule is COC(=O)[C@@H]1[C@H](C(=O)OC)[C@]2(CO)CC[C@@]1(CO)O2. The van der Waals surface area contributed by atoms with Gasteiger partial charge in [-0.15, -0.1) is 0 Å². The van der Waals surface area contributed by atoms with Crippen molar-refractivity contribution in [3.8, 4) is 0 Å². The molecule has 0 unspecified atom stereocenters. The predicted molar refractivity (Wildman–Crippen MR) is 61.0 cm³/mol. The van der Waals surface area contributed by atoms with Crippen LogP contribution in [0.4, 0.5) is 0 Å². The number of esters is 2. The first kappa shape index (κ1) is 14.2. The second-order valence-electron chi connectivity index (χ2n) is 5.05. The third kappa shape index (κ3) is 1.76. The average Bonchev–Trinajstić information content (AvgIpc) is 2.97. The smallest absolute Gasteiger partial charge is 0.312 e. The van der Waals surface area contributed by atoms with Crippen LogP contribution in [-0.4, -0.2) is 60.8 Å². The molecule has 108 valence electrons. The van der Waals surface area contributed by atoms with Crippen molar-refractivity contribution in [3.05, 3.63) is 0 Å². The van der Waals surface area contributed by atoms with Crippen molar-refractivity contribution in [3.63, 3.8) is 0 Å². The fraction of sp³-hybridized carbons (Fsp3) is 0.833. The summed E-state index contributed by atoms with van der Waals surface area (Å²) in [4.78, 5) is 23.9. The molecule has 2 fully saturated rings. The normalized spacial score (nSPS) is 40.2. The number of methoxy groups -OCH3 is 2. The third-order valence-electron chi connectivity index (χ3n) is 4.29. The summed E-state index contributed by atoms with van der Waals surface area (Å²) in [6.45, 7) is -0.829. The van der Waals surface area contributed by atoms with Gasteiger partial charge in [-0.25, -0.2) is 0 Å². The zero-order valence-corrected chi connectivity index (χ0v) is 10.9. The van der Waals surface area contributed by atoms with E-state index in [1.165, 1.54) is 14.2 Å². The molecule has 0 spiro atoms. The number of hydrogen-bond acceptors (Lipinski definition) is 7. The Morgan fingerprint density at radius 2 is 1.42 bits per heavy atom. The minimum Gasteiger partial charge on any atom is -0.469 e. The summed E-state index contributed by atoms with van der Waals surface area (Å²) in [7, 11) is 2.42. The molecule has 2 heterocycles. The van der Waals surface area contributed by atoms with Crippen molar-refractivity contribution in [2.24, 2.45) is 11.8 Å². The molecule has 7 nitrogen and oxygen atoms in total. The Balaban J connectivity index is 2.47. The maximum atomic E-state index is 12.0. The van der Waals surface area contributed by atoms with Gasteiger partial charge in [-0.1, -0.05) is 0 Å². The van der Waals surface area contributed by atoms with Crippen molar-refractivity contribution >= 4 is 11.9 Å².